The molecule has 10 heteroatoms. The molecule has 3 rings (SSSR count). The van der Waals surface area contributed by atoms with Gasteiger partial charge in [-0.05, 0) is 31.9 Å². The normalized spacial score (nSPS) is 23.9. The molecule has 2 aliphatic heterocycles. The van der Waals surface area contributed by atoms with Crippen LogP contribution in [-0.2, 0) is 24.7 Å². The van der Waals surface area contributed by atoms with E-state index in [0.29, 0.717) is 17.1 Å². The highest BCUT2D eigenvalue weighted by molar-refractivity contribution is 7.91. The zero-order valence-electron chi connectivity index (χ0n) is 15.2. The smallest absolute Gasteiger partial charge is 0.269 e. The maximum absolute atomic E-state index is 13.0. The Labute approximate surface area is 159 Å². The number of carbonyl (C=O) groups is 2. The van der Waals surface area contributed by atoms with Gasteiger partial charge in [0.15, 0.2) is 9.84 Å². The van der Waals surface area contributed by atoms with E-state index < -0.39 is 44.3 Å². The molecular formula is C17H22N2O6S2. The van der Waals surface area contributed by atoms with Gasteiger partial charge in [-0.1, -0.05) is 19.1 Å². The van der Waals surface area contributed by atoms with Crippen LogP contribution in [0.1, 0.15) is 37.0 Å². The van der Waals surface area contributed by atoms with Crippen LogP contribution in [0.3, 0.4) is 0 Å². The summed E-state index contributed by atoms with van der Waals surface area (Å²) in [5, 5.41) is 0. The Hall–Kier alpha value is -1.94. The number of amides is 2. The second-order valence-corrected chi connectivity index (χ2v) is 11.0. The summed E-state index contributed by atoms with van der Waals surface area (Å²) in [6.07, 6.45) is 0.905. The van der Waals surface area contributed by atoms with Crippen LogP contribution in [0.25, 0.3) is 0 Å². The molecular weight excluding hydrogens is 392 g/mol. The molecule has 1 fully saturated rings. The molecule has 0 aliphatic carbocycles. The number of fused-ring (bicyclic) bond motifs is 1. The van der Waals surface area contributed by atoms with E-state index in [1.165, 1.54) is 23.1 Å². The van der Waals surface area contributed by atoms with Gasteiger partial charge in [-0.15, -0.1) is 0 Å². The van der Waals surface area contributed by atoms with Crippen molar-refractivity contribution in [2.75, 3.05) is 18.1 Å². The minimum Gasteiger partial charge on any atom is -0.334 e. The van der Waals surface area contributed by atoms with Gasteiger partial charge in [0.25, 0.3) is 15.9 Å². The van der Waals surface area contributed by atoms with Crippen molar-refractivity contribution < 1.29 is 26.4 Å². The highest BCUT2D eigenvalue weighted by atomic mass is 32.2. The molecule has 8 nitrogen and oxygen atoms in total. The van der Waals surface area contributed by atoms with E-state index in [1.807, 2.05) is 6.92 Å². The Kier molecular flexibility index (Phi) is 5.06. The Bertz CT molecular complexity index is 986. The second kappa shape index (κ2) is 6.90. The number of rotatable bonds is 5. The fourth-order valence-corrected chi connectivity index (χ4v) is 6.82. The molecule has 0 unspecified atom stereocenters. The maximum Gasteiger partial charge on any atom is 0.269 e. The molecule has 148 valence electrons. The van der Waals surface area contributed by atoms with Crippen LogP contribution in [0.15, 0.2) is 29.2 Å². The molecule has 1 aromatic rings. The molecule has 2 atom stereocenters. The fraction of sp³-hybridized carbons (Fsp3) is 0.529. The maximum atomic E-state index is 13.0. The van der Waals surface area contributed by atoms with Crippen LogP contribution in [0, 0.1) is 0 Å². The van der Waals surface area contributed by atoms with E-state index in [-0.39, 0.29) is 28.0 Å². The molecule has 2 amide bonds. The van der Waals surface area contributed by atoms with E-state index >= 15 is 0 Å². The predicted molar refractivity (Wildman–Crippen MR) is 98.3 cm³/mol. The van der Waals surface area contributed by atoms with Gasteiger partial charge in [0, 0.05) is 12.1 Å². The number of benzene rings is 1. The van der Waals surface area contributed by atoms with Gasteiger partial charge in [0.2, 0.25) is 5.91 Å². The minimum atomic E-state index is -4.08. The lowest BCUT2D eigenvalue weighted by Crippen LogP contribution is -2.51. The van der Waals surface area contributed by atoms with Crippen LogP contribution in [0.5, 0.6) is 0 Å². The lowest BCUT2D eigenvalue weighted by Gasteiger charge is -2.34. The van der Waals surface area contributed by atoms with Gasteiger partial charge in [-0.25, -0.2) is 21.1 Å². The summed E-state index contributed by atoms with van der Waals surface area (Å²) in [6, 6.07) is 5.06. The molecule has 0 aromatic heterocycles. The van der Waals surface area contributed by atoms with E-state index in [9.17, 15) is 26.4 Å². The van der Waals surface area contributed by atoms with Gasteiger partial charge < -0.3 is 4.90 Å². The Morgan fingerprint density at radius 3 is 2.48 bits per heavy atom. The summed E-state index contributed by atoms with van der Waals surface area (Å²) in [5.41, 5.74) is 0.0452. The van der Waals surface area contributed by atoms with Crippen LogP contribution < -0.4 is 0 Å². The monoisotopic (exact) mass is 414 g/mol. The molecule has 0 spiro atoms. The van der Waals surface area contributed by atoms with Crippen molar-refractivity contribution in [2.45, 2.75) is 43.7 Å². The zero-order chi connectivity index (χ0) is 20.0. The fourth-order valence-electron chi connectivity index (χ4n) is 3.59. The van der Waals surface area contributed by atoms with E-state index in [4.69, 9.17) is 0 Å². The summed E-state index contributed by atoms with van der Waals surface area (Å²) in [7, 11) is -7.30. The third-order valence-corrected chi connectivity index (χ3v) is 8.68. The summed E-state index contributed by atoms with van der Waals surface area (Å²) in [5.74, 6) is -1.42. The molecule has 1 saturated heterocycles. The molecule has 0 N–H and O–H groups in total. The topological polar surface area (TPSA) is 109 Å². The minimum absolute atomic E-state index is 0.00423. The molecule has 2 aliphatic rings. The standard InChI is InChI=1S/C17H22N2O6S2/c1-3-12(2)19(13-8-9-26(22,23)11-13)16(20)10-18-17(21)14-6-4-5-7-15(14)27(18,24)25/h4-7,12-13H,3,8-11H2,1-2H3/t12-,13-/m0/s1. The SMILES string of the molecule is CC[C@H](C)N(C(=O)CN1C(=O)c2ccccc2S1(=O)=O)[C@H]1CCS(=O)(=O)C1. The predicted octanol–water partition coefficient (Wildman–Crippen LogP) is 0.645. The third-order valence-electron chi connectivity index (χ3n) is 5.15. The quantitative estimate of drug-likeness (QED) is 0.700. The van der Waals surface area contributed by atoms with Gasteiger partial charge in [0.05, 0.1) is 17.1 Å². The number of carbonyl (C=O) groups excluding carboxylic acids is 2. The van der Waals surface area contributed by atoms with Crippen molar-refractivity contribution in [3.8, 4) is 0 Å². The van der Waals surface area contributed by atoms with Crippen molar-refractivity contribution >= 4 is 31.7 Å². The average molecular weight is 415 g/mol. The summed E-state index contributed by atoms with van der Waals surface area (Å²) < 4.78 is 49.6. The van der Waals surface area contributed by atoms with Gasteiger partial charge >= 0.3 is 0 Å². The van der Waals surface area contributed by atoms with Crippen molar-refractivity contribution in [3.63, 3.8) is 0 Å². The zero-order valence-corrected chi connectivity index (χ0v) is 16.8. The summed E-state index contributed by atoms with van der Waals surface area (Å²) in [6.45, 7) is 3.02. The van der Waals surface area contributed by atoms with Gasteiger partial charge in [-0.2, -0.15) is 0 Å². The van der Waals surface area contributed by atoms with Crippen LogP contribution in [-0.4, -0.2) is 68.0 Å². The lowest BCUT2D eigenvalue weighted by molar-refractivity contribution is -0.135. The van der Waals surface area contributed by atoms with Gasteiger partial charge in [-0.3, -0.25) is 9.59 Å². The van der Waals surface area contributed by atoms with Crippen molar-refractivity contribution in [3.05, 3.63) is 29.8 Å². The van der Waals surface area contributed by atoms with E-state index in [0.717, 1.165) is 0 Å². The Balaban J connectivity index is 1.88. The number of nitrogens with zero attached hydrogens (tertiary/aromatic N) is 2. The highest BCUT2D eigenvalue weighted by Crippen LogP contribution is 2.30. The van der Waals surface area contributed by atoms with Gasteiger partial charge in [0.1, 0.15) is 11.4 Å². The molecule has 0 bridgehead atoms. The molecule has 0 radical (unpaired) electrons. The first-order valence-corrected chi connectivity index (χ1v) is 12.0. The molecule has 2 heterocycles. The number of sulfone groups is 1. The average Bonchev–Trinajstić information content (AvgIpc) is 3.05. The lowest BCUT2D eigenvalue weighted by atomic mass is 10.1. The first-order chi connectivity index (χ1) is 12.6. The van der Waals surface area contributed by atoms with Crippen LogP contribution in [0.2, 0.25) is 0 Å². The van der Waals surface area contributed by atoms with Crippen molar-refractivity contribution in [1.82, 2.24) is 9.21 Å². The molecule has 1 aromatic carbocycles. The van der Waals surface area contributed by atoms with E-state index in [2.05, 4.69) is 0 Å². The largest absolute Gasteiger partial charge is 0.334 e. The van der Waals surface area contributed by atoms with Crippen LogP contribution >= 0.6 is 0 Å². The Morgan fingerprint density at radius 1 is 1.26 bits per heavy atom. The van der Waals surface area contributed by atoms with Crippen molar-refractivity contribution in [2.24, 2.45) is 0 Å². The summed E-state index contributed by atoms with van der Waals surface area (Å²) in [4.78, 5) is 26.8. The summed E-state index contributed by atoms with van der Waals surface area (Å²) >= 11 is 0. The first-order valence-electron chi connectivity index (χ1n) is 8.76. The number of sulfonamides is 1. The number of hydrogen-bond acceptors (Lipinski definition) is 6. The first kappa shape index (κ1) is 19.8. The number of hydrogen-bond donors (Lipinski definition) is 0. The molecule has 27 heavy (non-hydrogen) atoms. The highest BCUT2D eigenvalue weighted by Gasteiger charge is 2.44. The second-order valence-electron chi connectivity index (χ2n) is 6.93. The molecule has 0 saturated carbocycles. The van der Waals surface area contributed by atoms with Crippen LogP contribution in [0.4, 0.5) is 0 Å². The third kappa shape index (κ3) is 3.47. The Morgan fingerprint density at radius 2 is 1.93 bits per heavy atom. The van der Waals surface area contributed by atoms with Crippen molar-refractivity contribution in [1.29, 1.82) is 0 Å². The van der Waals surface area contributed by atoms with E-state index in [1.54, 1.807) is 13.0 Å².